The number of hydrogen-bond donors (Lipinski definition) is 0. The molecule has 0 aliphatic carbocycles. The predicted octanol–water partition coefficient (Wildman–Crippen LogP) is 3.99. The SMILES string of the molecule is C[CH2][Al]([CH2]C)[C](=NC(C)(C)C)N(C)C(C)(C)C. The Morgan fingerprint density at radius 3 is 1.65 bits per heavy atom. The van der Waals surface area contributed by atoms with Crippen molar-refractivity contribution in [3.63, 3.8) is 0 Å². The molecule has 0 aromatic carbocycles. The Kier molecular flexibility index (Phi) is 6.25. The molecular weight excluding hydrogens is 223 g/mol. The molecule has 0 aromatic heterocycles. The van der Waals surface area contributed by atoms with Crippen LogP contribution in [0.1, 0.15) is 55.4 Å². The zero-order chi connectivity index (χ0) is 13.9. The number of nitrogens with zero attached hydrogens (tertiary/aromatic N) is 2. The Bertz CT molecular complexity index is 254. The maximum Gasteiger partial charge on any atom is 0.363 e. The van der Waals surface area contributed by atoms with Crippen molar-refractivity contribution in [2.75, 3.05) is 7.05 Å². The van der Waals surface area contributed by atoms with Crippen molar-refractivity contribution in [1.82, 2.24) is 4.90 Å². The molecule has 0 bridgehead atoms. The minimum Gasteiger partial charge on any atom is -0.373 e. The molecule has 0 N–H and O–H groups in total. The van der Waals surface area contributed by atoms with Crippen LogP contribution in [0.25, 0.3) is 0 Å². The first kappa shape index (κ1) is 17.0. The summed E-state index contributed by atoms with van der Waals surface area (Å²) >= 11 is -0.889. The summed E-state index contributed by atoms with van der Waals surface area (Å²) in [5, 5.41) is 2.59. The van der Waals surface area contributed by atoms with Crippen molar-refractivity contribution in [3.05, 3.63) is 0 Å². The predicted molar refractivity (Wildman–Crippen MR) is 81.4 cm³/mol. The summed E-state index contributed by atoms with van der Waals surface area (Å²) in [6.45, 7) is 18.0. The molecule has 2 nitrogen and oxygen atoms in total. The van der Waals surface area contributed by atoms with E-state index in [-0.39, 0.29) is 11.1 Å². The van der Waals surface area contributed by atoms with Gasteiger partial charge < -0.3 is 4.90 Å². The summed E-state index contributed by atoms with van der Waals surface area (Å²) in [6.07, 6.45) is 0. The summed E-state index contributed by atoms with van der Waals surface area (Å²) in [5.74, 6) is 0. The van der Waals surface area contributed by atoms with Crippen molar-refractivity contribution in [2.24, 2.45) is 4.99 Å². The van der Waals surface area contributed by atoms with Gasteiger partial charge in [-0.3, -0.25) is 4.99 Å². The third-order valence-electron chi connectivity index (χ3n) is 3.15. The molecule has 17 heavy (non-hydrogen) atoms. The van der Waals surface area contributed by atoms with Crippen LogP contribution in [0.5, 0.6) is 0 Å². The highest BCUT2D eigenvalue weighted by atomic mass is 27.2. The van der Waals surface area contributed by atoms with Crippen LogP contribution in [-0.2, 0) is 0 Å². The van der Waals surface area contributed by atoms with Crippen molar-refractivity contribution in [3.8, 4) is 0 Å². The normalized spacial score (nSPS) is 13.8. The van der Waals surface area contributed by atoms with Crippen LogP contribution in [0.4, 0.5) is 0 Å². The van der Waals surface area contributed by atoms with Crippen LogP contribution in [0.3, 0.4) is 0 Å². The summed E-state index contributed by atoms with van der Waals surface area (Å²) in [4.78, 5) is 7.43. The van der Waals surface area contributed by atoms with Gasteiger partial charge in [0.15, 0.2) is 0 Å². The molecule has 0 aliphatic heterocycles. The summed E-state index contributed by atoms with van der Waals surface area (Å²) in [6, 6.07) is 0. The van der Waals surface area contributed by atoms with E-state index in [1.54, 1.807) is 0 Å². The molecule has 0 rings (SSSR count). The molecule has 100 valence electrons. The van der Waals surface area contributed by atoms with Gasteiger partial charge in [0.2, 0.25) is 0 Å². The van der Waals surface area contributed by atoms with E-state index in [4.69, 9.17) is 4.99 Å². The molecule has 0 heterocycles. The van der Waals surface area contributed by atoms with Crippen LogP contribution in [0.15, 0.2) is 4.99 Å². The van der Waals surface area contributed by atoms with Gasteiger partial charge in [0.1, 0.15) is 0 Å². The van der Waals surface area contributed by atoms with E-state index in [0.29, 0.717) is 0 Å². The fraction of sp³-hybridized carbons (Fsp3) is 0.929. The highest BCUT2D eigenvalue weighted by Crippen LogP contribution is 2.18. The quantitative estimate of drug-likeness (QED) is 0.422. The van der Waals surface area contributed by atoms with Gasteiger partial charge in [-0.2, -0.15) is 0 Å². The second kappa shape index (κ2) is 6.25. The second-order valence-corrected chi connectivity index (χ2v) is 10.4. The molecule has 0 fully saturated rings. The van der Waals surface area contributed by atoms with Crippen LogP contribution in [-0.4, -0.2) is 41.9 Å². The zero-order valence-electron chi connectivity index (χ0n) is 13.4. The standard InChI is InChI=1S/C10H21N2.2C2H5.Al/c1-9(2,3)11-8-12(7)10(4,5)6;2*1-2;/h1-7H3;2*1H2,2H3;. The van der Waals surface area contributed by atoms with Crippen molar-refractivity contribution >= 4 is 18.8 Å². The van der Waals surface area contributed by atoms with E-state index in [0.717, 1.165) is 0 Å². The average Bonchev–Trinajstić information content (AvgIpc) is 2.13. The van der Waals surface area contributed by atoms with Crippen molar-refractivity contribution in [1.29, 1.82) is 0 Å². The average molecular weight is 254 g/mol. The number of amidine groups is 1. The van der Waals surface area contributed by atoms with Gasteiger partial charge in [0.25, 0.3) is 0 Å². The van der Waals surface area contributed by atoms with E-state index in [1.807, 2.05) is 0 Å². The minimum atomic E-state index is -0.889. The van der Waals surface area contributed by atoms with Crippen LogP contribution < -0.4 is 0 Å². The minimum absolute atomic E-state index is 0.0322. The molecule has 0 saturated carbocycles. The van der Waals surface area contributed by atoms with E-state index in [1.165, 1.54) is 15.3 Å². The second-order valence-electron chi connectivity index (χ2n) is 6.88. The Labute approximate surface area is 113 Å². The Balaban J connectivity index is 5.33. The van der Waals surface area contributed by atoms with Crippen LogP contribution in [0.2, 0.25) is 10.6 Å². The lowest BCUT2D eigenvalue weighted by Gasteiger charge is -2.38. The smallest absolute Gasteiger partial charge is 0.363 e. The van der Waals surface area contributed by atoms with Gasteiger partial charge in [-0.25, -0.2) is 0 Å². The van der Waals surface area contributed by atoms with Gasteiger partial charge in [-0.1, -0.05) is 24.4 Å². The third kappa shape index (κ3) is 5.93. The van der Waals surface area contributed by atoms with Gasteiger partial charge in [-0.05, 0) is 41.5 Å². The molecule has 0 radical (unpaired) electrons. The summed E-state index contributed by atoms with van der Waals surface area (Å²) in [7, 11) is 2.20. The topological polar surface area (TPSA) is 15.6 Å². The number of rotatable bonds is 3. The van der Waals surface area contributed by atoms with Crippen molar-refractivity contribution in [2.45, 2.75) is 77.0 Å². The summed E-state index contributed by atoms with van der Waals surface area (Å²) < 4.78 is 1.40. The maximum absolute atomic E-state index is 5.02. The number of aliphatic imine (C=N–C) groups is 1. The molecule has 0 aromatic rings. The Morgan fingerprint density at radius 2 is 1.41 bits per heavy atom. The number of hydrogen-bond acceptors (Lipinski definition) is 1. The monoisotopic (exact) mass is 254 g/mol. The first-order valence-electron chi connectivity index (χ1n) is 6.86. The van der Waals surface area contributed by atoms with Gasteiger partial charge >= 0.3 is 14.1 Å². The van der Waals surface area contributed by atoms with Crippen LogP contribution in [0, 0.1) is 0 Å². The van der Waals surface area contributed by atoms with Crippen molar-refractivity contribution < 1.29 is 0 Å². The first-order valence-corrected chi connectivity index (χ1v) is 9.07. The fourth-order valence-electron chi connectivity index (χ4n) is 1.78. The van der Waals surface area contributed by atoms with Crippen LogP contribution >= 0.6 is 0 Å². The molecule has 3 heteroatoms. The van der Waals surface area contributed by atoms with E-state index < -0.39 is 14.1 Å². The molecule has 0 saturated heterocycles. The van der Waals surface area contributed by atoms with E-state index >= 15 is 0 Å². The van der Waals surface area contributed by atoms with Gasteiger partial charge in [0.05, 0.1) is 5.54 Å². The third-order valence-corrected chi connectivity index (χ3v) is 6.37. The summed E-state index contributed by atoms with van der Waals surface area (Å²) in [5.41, 5.74) is 0.199. The van der Waals surface area contributed by atoms with Gasteiger partial charge in [0, 0.05) is 17.3 Å². The molecular formula is C14H31AlN2. The lowest BCUT2D eigenvalue weighted by Crippen LogP contribution is -2.49. The lowest BCUT2D eigenvalue weighted by atomic mass is 10.1. The first-order chi connectivity index (χ1) is 7.53. The van der Waals surface area contributed by atoms with Gasteiger partial charge in [-0.15, -0.1) is 0 Å². The molecule has 0 spiro atoms. The molecule has 0 atom stereocenters. The Morgan fingerprint density at radius 1 is 1.00 bits per heavy atom. The fourth-order valence-corrected chi connectivity index (χ4v) is 4.59. The van der Waals surface area contributed by atoms with E-state index in [9.17, 15) is 0 Å². The molecule has 0 aliphatic rings. The highest BCUT2D eigenvalue weighted by molar-refractivity contribution is 6.90. The Hall–Kier alpha value is 0.00247. The highest BCUT2D eigenvalue weighted by Gasteiger charge is 2.30. The van der Waals surface area contributed by atoms with E-state index in [2.05, 4.69) is 67.3 Å². The lowest BCUT2D eigenvalue weighted by molar-refractivity contribution is 0.283. The molecule has 0 unspecified atom stereocenters. The largest absolute Gasteiger partial charge is 0.373 e. The zero-order valence-corrected chi connectivity index (χ0v) is 14.5. The molecule has 0 amide bonds. The maximum atomic E-state index is 5.02.